The van der Waals surface area contributed by atoms with E-state index in [-0.39, 0.29) is 97.5 Å². The van der Waals surface area contributed by atoms with Gasteiger partial charge in [0.15, 0.2) is 0 Å². The Hall–Kier alpha value is -6.14. The first-order chi connectivity index (χ1) is 23.9. The van der Waals surface area contributed by atoms with Crippen LogP contribution in [-0.2, 0) is 19.1 Å². The van der Waals surface area contributed by atoms with E-state index in [1.165, 1.54) is 34.1 Å². The van der Waals surface area contributed by atoms with Crippen molar-refractivity contribution in [3.8, 4) is 11.5 Å². The van der Waals surface area contributed by atoms with Crippen LogP contribution in [0.3, 0.4) is 0 Å². The third kappa shape index (κ3) is 8.28. The third-order valence-electron chi connectivity index (χ3n) is 7.40. The van der Waals surface area contributed by atoms with Crippen molar-refractivity contribution in [2.75, 3.05) is 75.6 Å². The molecule has 0 spiro atoms. The first-order valence-corrected chi connectivity index (χ1v) is 15.0. The summed E-state index contributed by atoms with van der Waals surface area (Å²) in [6, 6.07) is 7.66. The molecule has 0 fully saturated rings. The number of hydrogen-bond acceptors (Lipinski definition) is 14. The zero-order chi connectivity index (χ0) is 35.9. The third-order valence-corrected chi connectivity index (χ3v) is 7.40. The Balaban J connectivity index is 1.56. The minimum atomic E-state index is -1.51. The lowest BCUT2D eigenvalue weighted by Gasteiger charge is -2.27. The van der Waals surface area contributed by atoms with Gasteiger partial charge >= 0.3 is 35.1 Å². The van der Waals surface area contributed by atoms with Gasteiger partial charge in [0, 0.05) is 36.0 Å². The molecule has 4 N–H and O–H groups in total. The average molecular weight is 699 g/mol. The second-order valence-corrected chi connectivity index (χ2v) is 10.8. The molecule has 1 aliphatic heterocycles. The van der Waals surface area contributed by atoms with Crippen LogP contribution in [0.2, 0.25) is 0 Å². The van der Waals surface area contributed by atoms with E-state index in [1.54, 1.807) is 0 Å². The van der Waals surface area contributed by atoms with Crippen LogP contribution in [0, 0.1) is 0 Å². The van der Waals surface area contributed by atoms with Gasteiger partial charge < -0.3 is 58.0 Å². The minimum Gasteiger partial charge on any atom is -0.488 e. The first-order valence-electron chi connectivity index (χ1n) is 15.0. The van der Waals surface area contributed by atoms with Crippen LogP contribution in [-0.4, -0.2) is 110 Å². The second-order valence-electron chi connectivity index (χ2n) is 10.8. The zero-order valence-electron chi connectivity index (χ0n) is 26.1. The van der Waals surface area contributed by atoms with Gasteiger partial charge in [0.25, 0.3) is 0 Å². The van der Waals surface area contributed by atoms with Gasteiger partial charge in [0.2, 0.25) is 0 Å². The molecule has 2 aromatic heterocycles. The van der Waals surface area contributed by atoms with Crippen molar-refractivity contribution < 1.29 is 67.4 Å². The summed E-state index contributed by atoms with van der Waals surface area (Å²) in [6.07, 6.45) is 0. The van der Waals surface area contributed by atoms with E-state index in [4.69, 9.17) is 27.8 Å². The topological polar surface area (TPSA) is 253 Å². The van der Waals surface area contributed by atoms with Gasteiger partial charge in [-0.05, 0) is 24.3 Å². The predicted molar refractivity (Wildman–Crippen MR) is 171 cm³/mol. The molecule has 0 saturated carbocycles. The van der Waals surface area contributed by atoms with Gasteiger partial charge in [-0.25, -0.2) is 19.2 Å². The van der Waals surface area contributed by atoms with Crippen LogP contribution < -0.4 is 30.5 Å². The number of nitrogens with zero attached hydrogens (tertiary/aromatic N) is 2. The van der Waals surface area contributed by atoms with Gasteiger partial charge in [-0.1, -0.05) is 0 Å². The van der Waals surface area contributed by atoms with Crippen molar-refractivity contribution in [2.45, 2.75) is 0 Å². The average Bonchev–Trinajstić information content (AvgIpc) is 3.04. The monoisotopic (exact) mass is 698 g/mol. The Morgan fingerprint density at radius 1 is 0.560 bits per heavy atom. The van der Waals surface area contributed by atoms with Crippen molar-refractivity contribution in [3.63, 3.8) is 0 Å². The molecule has 5 rings (SSSR count). The molecule has 0 radical (unpaired) electrons. The maximum absolute atomic E-state index is 12.3. The Labute approximate surface area is 280 Å². The molecule has 50 heavy (non-hydrogen) atoms. The molecule has 18 nitrogen and oxygen atoms in total. The second kappa shape index (κ2) is 15.4. The van der Waals surface area contributed by atoms with E-state index >= 15 is 0 Å². The quantitative estimate of drug-likeness (QED) is 0.209. The van der Waals surface area contributed by atoms with Crippen LogP contribution in [0.4, 0.5) is 11.4 Å². The summed E-state index contributed by atoms with van der Waals surface area (Å²) in [5, 5.41) is 38.5. The van der Waals surface area contributed by atoms with E-state index in [2.05, 4.69) is 0 Å². The fourth-order valence-electron chi connectivity index (χ4n) is 5.16. The van der Waals surface area contributed by atoms with Gasteiger partial charge in [-0.2, -0.15) is 0 Å². The smallest absolute Gasteiger partial charge is 0.351 e. The Kier molecular flexibility index (Phi) is 10.8. The van der Waals surface area contributed by atoms with E-state index in [1.807, 2.05) is 0 Å². The van der Waals surface area contributed by atoms with Crippen molar-refractivity contribution in [1.29, 1.82) is 0 Å². The highest BCUT2D eigenvalue weighted by Gasteiger charge is 2.23. The molecular formula is C32H30N2O16. The van der Waals surface area contributed by atoms with Crippen LogP contribution >= 0.6 is 0 Å². The number of aromatic carboxylic acids is 2. The van der Waals surface area contributed by atoms with Crippen molar-refractivity contribution >= 4 is 57.2 Å². The molecule has 0 bridgehead atoms. The lowest BCUT2D eigenvalue weighted by Crippen LogP contribution is -2.34. The summed E-state index contributed by atoms with van der Waals surface area (Å²) in [7, 11) is 0. The first kappa shape index (κ1) is 35.2. The number of carbonyl (C=O) groups is 4. The normalized spacial score (nSPS) is 14.8. The van der Waals surface area contributed by atoms with Gasteiger partial charge in [0.1, 0.15) is 60.1 Å². The maximum atomic E-state index is 12.3. The molecule has 0 aliphatic carbocycles. The molecule has 1 aliphatic rings. The number of benzene rings is 2. The highest BCUT2D eigenvalue weighted by atomic mass is 16.5. The largest absolute Gasteiger partial charge is 0.488 e. The highest BCUT2D eigenvalue weighted by Crippen LogP contribution is 2.35. The maximum Gasteiger partial charge on any atom is 0.351 e. The zero-order valence-corrected chi connectivity index (χ0v) is 26.1. The fraction of sp³-hybridized carbons (Fsp3) is 0.312. The molecule has 4 aromatic rings. The molecule has 0 amide bonds. The lowest BCUT2D eigenvalue weighted by molar-refractivity contribution is -0.136. The Morgan fingerprint density at radius 2 is 0.960 bits per heavy atom. The predicted octanol–water partition coefficient (Wildman–Crippen LogP) is 1.58. The number of anilines is 2. The van der Waals surface area contributed by atoms with Gasteiger partial charge in [-0.15, -0.1) is 0 Å². The number of hydrogen-bond donors (Lipinski definition) is 4. The van der Waals surface area contributed by atoms with Gasteiger partial charge in [0.05, 0.1) is 37.8 Å². The lowest BCUT2D eigenvalue weighted by atomic mass is 10.1. The molecule has 0 atom stereocenters. The standard InChI is InChI=1S/C32H30N2O16/c35-27(36)15-33-1-3-45-5-6-46-4-2-34(16-28(37)38)22-14-24-18(10-20(30(41)42)32(44)50-24)12-26(22)48-8-7-47-25-11-17-9-19(29(39)40)31(43)49-23(17)13-21(25)33/h9-14H,1-8,15-16H2,(H,35,36)(H,37,38)(H,39,40)(H,41,42). The molecule has 3 heterocycles. The number of aliphatic carboxylic acids is 2. The van der Waals surface area contributed by atoms with Crippen molar-refractivity contribution in [1.82, 2.24) is 0 Å². The number of rotatable bonds is 6. The summed E-state index contributed by atoms with van der Waals surface area (Å²) in [6.45, 7) is -1.07. The molecular weight excluding hydrogens is 668 g/mol. The number of carboxylic acid groups (broad SMARTS) is 4. The molecule has 0 saturated heterocycles. The van der Waals surface area contributed by atoms with Crippen LogP contribution in [0.1, 0.15) is 20.7 Å². The highest BCUT2D eigenvalue weighted by molar-refractivity contribution is 5.94. The van der Waals surface area contributed by atoms with Crippen LogP contribution in [0.15, 0.2) is 54.8 Å². The summed E-state index contributed by atoms with van der Waals surface area (Å²) in [5.74, 6) is -5.25. The molecule has 0 unspecified atom stereocenters. The molecule has 18 heteroatoms. The summed E-state index contributed by atoms with van der Waals surface area (Å²) in [5.41, 5.74) is -3.17. The SMILES string of the molecule is O=C(O)CN1CCOCCOCCN(CC(=O)O)c2cc3oc(=O)c(C(=O)O)cc3cc2OCCOc2cc3cc(C(=O)O)c(=O)oc3cc21. The van der Waals surface area contributed by atoms with Crippen molar-refractivity contribution in [3.05, 3.63) is 68.4 Å². The number of ether oxygens (including phenoxy) is 4. The van der Waals surface area contributed by atoms with Crippen molar-refractivity contribution in [2.24, 2.45) is 0 Å². The van der Waals surface area contributed by atoms with E-state index in [0.29, 0.717) is 0 Å². The van der Waals surface area contributed by atoms with E-state index < -0.39 is 59.3 Å². The van der Waals surface area contributed by atoms with Gasteiger partial charge in [-0.3, -0.25) is 9.59 Å². The summed E-state index contributed by atoms with van der Waals surface area (Å²) >= 11 is 0. The minimum absolute atomic E-state index is 0.0304. The van der Waals surface area contributed by atoms with E-state index in [9.17, 15) is 49.2 Å². The fourth-order valence-corrected chi connectivity index (χ4v) is 5.16. The number of carboxylic acids is 4. The molecule has 2 aromatic carbocycles. The summed E-state index contributed by atoms with van der Waals surface area (Å²) in [4.78, 5) is 74.2. The number of fused-ring (bicyclic) bond motifs is 4. The van der Waals surface area contributed by atoms with E-state index in [0.717, 1.165) is 12.1 Å². The summed E-state index contributed by atoms with van der Waals surface area (Å²) < 4.78 is 33.8. The van der Waals surface area contributed by atoms with Crippen LogP contribution in [0.25, 0.3) is 21.9 Å². The Bertz CT molecular complexity index is 1920. The Morgan fingerprint density at radius 3 is 1.32 bits per heavy atom. The van der Waals surface area contributed by atoms with Crippen LogP contribution in [0.5, 0.6) is 11.5 Å². The molecule has 264 valence electrons.